The molecule has 0 aromatic carbocycles. The second kappa shape index (κ2) is 3.80. The summed E-state index contributed by atoms with van der Waals surface area (Å²) in [6, 6.07) is 2.60. The molecule has 0 aliphatic heterocycles. The maximum absolute atomic E-state index is 12.5. The van der Waals surface area contributed by atoms with Crippen molar-refractivity contribution in [3.8, 4) is 0 Å². The van der Waals surface area contributed by atoms with Gasteiger partial charge in [0, 0.05) is 6.20 Å². The Balaban J connectivity index is 2.65. The lowest BCUT2D eigenvalue weighted by atomic mass is 10.3. The Kier molecular flexibility index (Phi) is 2.94. The first-order valence-corrected chi connectivity index (χ1v) is 5.24. The van der Waals surface area contributed by atoms with Crippen LogP contribution in [0, 0.1) is 5.95 Å². The van der Waals surface area contributed by atoms with Crippen LogP contribution < -0.4 is 0 Å². The summed E-state index contributed by atoms with van der Waals surface area (Å²) in [6.07, 6.45) is 2.18. The van der Waals surface area contributed by atoms with Crippen molar-refractivity contribution in [3.05, 3.63) is 29.8 Å². The highest BCUT2D eigenvalue weighted by Crippen LogP contribution is 2.03. The zero-order valence-electron chi connectivity index (χ0n) is 6.90. The molecule has 1 aromatic rings. The van der Waals surface area contributed by atoms with E-state index in [4.69, 9.17) is 0 Å². The Morgan fingerprint density at radius 2 is 2.31 bits per heavy atom. The van der Waals surface area contributed by atoms with Gasteiger partial charge in [0.05, 0.1) is 12.9 Å². The number of rotatable bonds is 3. The molecule has 0 atom stereocenters. The van der Waals surface area contributed by atoms with E-state index in [0.29, 0.717) is 5.56 Å². The van der Waals surface area contributed by atoms with E-state index in [1.54, 1.807) is 0 Å². The van der Waals surface area contributed by atoms with Crippen molar-refractivity contribution in [1.29, 1.82) is 0 Å². The van der Waals surface area contributed by atoms with E-state index in [1.165, 1.54) is 12.3 Å². The number of pyridine rings is 1. The normalized spacial score (nSPS) is 11.5. The minimum atomic E-state index is -3.48. The summed E-state index contributed by atoms with van der Waals surface area (Å²) >= 11 is 0. The fraction of sp³-hybridized carbons (Fsp3) is 0.286. The summed E-state index contributed by atoms with van der Waals surface area (Å²) in [7, 11) is -3.48. The lowest BCUT2D eigenvalue weighted by Gasteiger charge is -2.00. The number of hydrogen-bond acceptors (Lipinski definition) is 4. The van der Waals surface area contributed by atoms with E-state index in [1.807, 2.05) is 0 Å². The Morgan fingerprint density at radius 3 is 2.85 bits per heavy atom. The third-order valence-corrected chi connectivity index (χ3v) is 1.78. The van der Waals surface area contributed by atoms with Crippen LogP contribution in [0.15, 0.2) is 18.3 Å². The van der Waals surface area contributed by atoms with E-state index in [-0.39, 0.29) is 6.61 Å². The maximum Gasteiger partial charge on any atom is 0.264 e. The molecule has 4 nitrogen and oxygen atoms in total. The van der Waals surface area contributed by atoms with Crippen LogP contribution in [0.5, 0.6) is 0 Å². The molecular weight excluding hydrogens is 197 g/mol. The van der Waals surface area contributed by atoms with E-state index < -0.39 is 16.1 Å². The van der Waals surface area contributed by atoms with Gasteiger partial charge in [0.2, 0.25) is 5.95 Å². The maximum atomic E-state index is 12.5. The number of halogens is 1. The predicted molar refractivity (Wildman–Crippen MR) is 43.8 cm³/mol. The van der Waals surface area contributed by atoms with Crippen LogP contribution >= 0.6 is 0 Å². The van der Waals surface area contributed by atoms with Gasteiger partial charge in [0.1, 0.15) is 0 Å². The topological polar surface area (TPSA) is 56.3 Å². The molecule has 1 aromatic heterocycles. The highest BCUT2D eigenvalue weighted by atomic mass is 32.2. The molecule has 0 aliphatic carbocycles. The summed E-state index contributed by atoms with van der Waals surface area (Å²) in [5.74, 6) is -0.658. The van der Waals surface area contributed by atoms with Crippen LogP contribution in [0.2, 0.25) is 0 Å². The lowest BCUT2D eigenvalue weighted by Crippen LogP contribution is -2.02. The Hall–Kier alpha value is -1.01. The van der Waals surface area contributed by atoms with Gasteiger partial charge in [-0.15, -0.1) is 0 Å². The molecule has 0 amide bonds. The van der Waals surface area contributed by atoms with Crippen LogP contribution in [0.3, 0.4) is 0 Å². The summed E-state index contributed by atoms with van der Waals surface area (Å²) in [5.41, 5.74) is 0.429. The summed E-state index contributed by atoms with van der Waals surface area (Å²) in [6.45, 7) is -0.168. The minimum absolute atomic E-state index is 0.168. The van der Waals surface area contributed by atoms with Gasteiger partial charge in [-0.2, -0.15) is 12.8 Å². The average molecular weight is 205 g/mol. The SMILES string of the molecule is CS(=O)(=O)OCc1ccnc(F)c1. The Labute approximate surface area is 75.5 Å². The molecule has 0 radical (unpaired) electrons. The second-order valence-electron chi connectivity index (χ2n) is 2.45. The smallest absolute Gasteiger partial charge is 0.264 e. The number of nitrogens with zero attached hydrogens (tertiary/aromatic N) is 1. The molecule has 0 spiro atoms. The van der Waals surface area contributed by atoms with Crippen molar-refractivity contribution < 1.29 is 17.0 Å². The summed E-state index contributed by atoms with van der Waals surface area (Å²) < 4.78 is 38.0. The van der Waals surface area contributed by atoms with E-state index in [9.17, 15) is 12.8 Å². The van der Waals surface area contributed by atoms with Crippen LogP contribution in [-0.2, 0) is 20.9 Å². The van der Waals surface area contributed by atoms with Crippen molar-refractivity contribution in [2.24, 2.45) is 0 Å². The lowest BCUT2D eigenvalue weighted by molar-refractivity contribution is 0.310. The van der Waals surface area contributed by atoms with Gasteiger partial charge in [0.15, 0.2) is 0 Å². The fourth-order valence-electron chi connectivity index (χ4n) is 0.707. The molecule has 0 bridgehead atoms. The van der Waals surface area contributed by atoms with E-state index in [2.05, 4.69) is 9.17 Å². The van der Waals surface area contributed by atoms with Crippen molar-refractivity contribution in [2.45, 2.75) is 6.61 Å². The van der Waals surface area contributed by atoms with Crippen molar-refractivity contribution >= 4 is 10.1 Å². The van der Waals surface area contributed by atoms with Crippen molar-refractivity contribution in [1.82, 2.24) is 4.98 Å². The van der Waals surface area contributed by atoms with Crippen molar-refractivity contribution in [2.75, 3.05) is 6.26 Å². The second-order valence-corrected chi connectivity index (χ2v) is 4.10. The molecule has 13 heavy (non-hydrogen) atoms. The van der Waals surface area contributed by atoms with Crippen molar-refractivity contribution in [3.63, 3.8) is 0 Å². The molecule has 0 saturated carbocycles. The molecule has 72 valence electrons. The zero-order valence-corrected chi connectivity index (χ0v) is 7.71. The predicted octanol–water partition coefficient (Wildman–Crippen LogP) is 0.697. The van der Waals surface area contributed by atoms with Crippen LogP contribution in [0.25, 0.3) is 0 Å². The Morgan fingerprint density at radius 1 is 1.62 bits per heavy atom. The molecule has 0 saturated heterocycles. The molecule has 6 heteroatoms. The third kappa shape index (κ3) is 3.95. The molecule has 0 unspecified atom stereocenters. The van der Waals surface area contributed by atoms with E-state index >= 15 is 0 Å². The zero-order chi connectivity index (χ0) is 9.90. The molecule has 0 aliphatic rings. The van der Waals surface area contributed by atoms with Gasteiger partial charge in [0.25, 0.3) is 10.1 Å². The molecule has 1 heterocycles. The fourth-order valence-corrected chi connectivity index (χ4v) is 1.06. The minimum Gasteiger partial charge on any atom is -0.265 e. The van der Waals surface area contributed by atoms with Crippen LogP contribution in [0.1, 0.15) is 5.56 Å². The van der Waals surface area contributed by atoms with Gasteiger partial charge in [-0.05, 0) is 17.7 Å². The molecular formula is C7H8FNO3S. The standard InChI is InChI=1S/C7H8FNO3S/c1-13(10,11)12-5-6-2-3-9-7(8)4-6/h2-4H,5H2,1H3. The average Bonchev–Trinajstić information content (AvgIpc) is 2.00. The van der Waals surface area contributed by atoms with Gasteiger partial charge in [-0.25, -0.2) is 4.98 Å². The Bertz CT molecular complexity index is 390. The van der Waals surface area contributed by atoms with Gasteiger partial charge in [-0.1, -0.05) is 0 Å². The largest absolute Gasteiger partial charge is 0.265 e. The van der Waals surface area contributed by atoms with Gasteiger partial charge >= 0.3 is 0 Å². The number of hydrogen-bond donors (Lipinski definition) is 0. The highest BCUT2D eigenvalue weighted by molar-refractivity contribution is 7.85. The number of aromatic nitrogens is 1. The van der Waals surface area contributed by atoms with Crippen LogP contribution in [-0.4, -0.2) is 19.7 Å². The highest BCUT2D eigenvalue weighted by Gasteiger charge is 2.03. The third-order valence-electron chi connectivity index (χ3n) is 1.23. The first-order valence-electron chi connectivity index (χ1n) is 3.42. The van der Waals surface area contributed by atoms with Crippen LogP contribution in [0.4, 0.5) is 4.39 Å². The first kappa shape index (κ1) is 10.1. The van der Waals surface area contributed by atoms with Gasteiger partial charge in [-0.3, -0.25) is 4.18 Å². The van der Waals surface area contributed by atoms with Gasteiger partial charge < -0.3 is 0 Å². The molecule has 0 N–H and O–H groups in total. The van der Waals surface area contributed by atoms with E-state index in [0.717, 1.165) is 12.3 Å². The summed E-state index contributed by atoms with van der Waals surface area (Å²) in [4.78, 5) is 3.31. The monoisotopic (exact) mass is 205 g/mol. The summed E-state index contributed by atoms with van der Waals surface area (Å²) in [5, 5.41) is 0. The first-order chi connectivity index (χ1) is 5.97. The molecule has 1 rings (SSSR count). The molecule has 0 fully saturated rings. The quantitative estimate of drug-likeness (QED) is 0.538.